The molecule has 0 saturated carbocycles. The van der Waals surface area contributed by atoms with E-state index in [0.29, 0.717) is 25.3 Å². The SMILES string of the molecule is CC1CN(c2nnc(-c3ccc(F)cc3)c3ccccc23)CCN1C(=O)Cc1ccc(F)cc1. The Balaban J connectivity index is 1.37. The minimum Gasteiger partial charge on any atom is -0.351 e. The van der Waals surface area contributed by atoms with Crippen LogP contribution in [-0.4, -0.2) is 46.7 Å². The molecule has 1 amide bonds. The Bertz CT molecular complexity index is 1330. The summed E-state index contributed by atoms with van der Waals surface area (Å²) in [6.45, 7) is 3.85. The summed E-state index contributed by atoms with van der Waals surface area (Å²) in [5.41, 5.74) is 2.32. The van der Waals surface area contributed by atoms with Crippen LogP contribution in [0.2, 0.25) is 0 Å². The highest BCUT2D eigenvalue weighted by Gasteiger charge is 2.29. The van der Waals surface area contributed by atoms with Crippen molar-refractivity contribution >= 4 is 22.5 Å². The number of hydrogen-bond acceptors (Lipinski definition) is 4. The van der Waals surface area contributed by atoms with Gasteiger partial charge >= 0.3 is 0 Å². The van der Waals surface area contributed by atoms with Crippen LogP contribution in [0.15, 0.2) is 72.8 Å². The van der Waals surface area contributed by atoms with Crippen molar-refractivity contribution in [2.45, 2.75) is 19.4 Å². The summed E-state index contributed by atoms with van der Waals surface area (Å²) >= 11 is 0. The van der Waals surface area contributed by atoms with Crippen LogP contribution >= 0.6 is 0 Å². The number of hydrogen-bond donors (Lipinski definition) is 0. The van der Waals surface area contributed by atoms with Gasteiger partial charge in [0.25, 0.3) is 0 Å². The molecule has 5 rings (SSSR count). The van der Waals surface area contributed by atoms with Gasteiger partial charge in [0.05, 0.1) is 6.42 Å². The van der Waals surface area contributed by atoms with Crippen LogP contribution in [0.3, 0.4) is 0 Å². The molecule has 0 radical (unpaired) electrons. The summed E-state index contributed by atoms with van der Waals surface area (Å²) in [5, 5.41) is 11.0. The first kappa shape index (κ1) is 21.9. The summed E-state index contributed by atoms with van der Waals surface area (Å²) in [5.74, 6) is 0.204. The minimum absolute atomic E-state index is 0.0148. The summed E-state index contributed by atoms with van der Waals surface area (Å²) in [7, 11) is 0. The predicted octanol–water partition coefficient (Wildman–Crippen LogP) is 4.85. The smallest absolute Gasteiger partial charge is 0.227 e. The summed E-state index contributed by atoms with van der Waals surface area (Å²) < 4.78 is 26.6. The number of rotatable bonds is 4. The van der Waals surface area contributed by atoms with Gasteiger partial charge in [0.1, 0.15) is 17.3 Å². The molecule has 3 aromatic carbocycles. The lowest BCUT2D eigenvalue weighted by Crippen LogP contribution is -2.54. The summed E-state index contributed by atoms with van der Waals surface area (Å²) in [6.07, 6.45) is 0.250. The highest BCUT2D eigenvalue weighted by atomic mass is 19.1. The number of piperazine rings is 1. The van der Waals surface area contributed by atoms with Crippen molar-refractivity contribution in [2.24, 2.45) is 0 Å². The van der Waals surface area contributed by atoms with Gasteiger partial charge in [-0.05, 0) is 48.9 Å². The van der Waals surface area contributed by atoms with Crippen molar-refractivity contribution in [1.29, 1.82) is 0 Å². The van der Waals surface area contributed by atoms with E-state index >= 15 is 0 Å². The van der Waals surface area contributed by atoms with Crippen molar-refractivity contribution in [3.63, 3.8) is 0 Å². The van der Waals surface area contributed by atoms with Crippen LogP contribution in [-0.2, 0) is 11.2 Å². The zero-order valence-electron chi connectivity index (χ0n) is 18.8. The van der Waals surface area contributed by atoms with Crippen LogP contribution in [0, 0.1) is 11.6 Å². The number of carbonyl (C=O) groups excluding carboxylic acids is 1. The van der Waals surface area contributed by atoms with Gasteiger partial charge in [-0.1, -0.05) is 36.4 Å². The third-order valence-electron chi connectivity index (χ3n) is 6.30. The van der Waals surface area contributed by atoms with E-state index in [-0.39, 0.29) is 30.0 Å². The Morgan fingerprint density at radius 2 is 1.53 bits per heavy atom. The van der Waals surface area contributed by atoms with Gasteiger partial charge in [0.2, 0.25) is 5.91 Å². The maximum absolute atomic E-state index is 13.4. The number of carbonyl (C=O) groups is 1. The molecule has 1 fully saturated rings. The van der Waals surface area contributed by atoms with E-state index in [4.69, 9.17) is 0 Å². The molecule has 1 aromatic heterocycles. The second-order valence-corrected chi connectivity index (χ2v) is 8.61. The van der Waals surface area contributed by atoms with E-state index in [9.17, 15) is 13.6 Å². The molecule has 1 atom stereocenters. The zero-order valence-corrected chi connectivity index (χ0v) is 18.8. The van der Waals surface area contributed by atoms with Gasteiger partial charge in [-0.2, -0.15) is 0 Å². The average molecular weight is 459 g/mol. The topological polar surface area (TPSA) is 49.3 Å². The van der Waals surface area contributed by atoms with E-state index in [2.05, 4.69) is 15.1 Å². The number of nitrogens with zero attached hydrogens (tertiary/aromatic N) is 4. The molecular weight excluding hydrogens is 434 g/mol. The standard InChI is InChI=1S/C27H24F2N4O/c1-18-17-32(14-15-33(18)25(34)16-19-6-10-21(28)11-7-19)27-24-5-3-2-4-23(24)26(30-31-27)20-8-12-22(29)13-9-20/h2-13,18H,14-17H2,1H3. The van der Waals surface area contributed by atoms with Gasteiger partial charge in [0.15, 0.2) is 5.82 Å². The van der Waals surface area contributed by atoms with Gasteiger partial charge in [0, 0.05) is 42.0 Å². The highest BCUT2D eigenvalue weighted by Crippen LogP contribution is 2.32. The monoisotopic (exact) mass is 458 g/mol. The lowest BCUT2D eigenvalue weighted by atomic mass is 10.0. The largest absolute Gasteiger partial charge is 0.351 e. The Morgan fingerprint density at radius 3 is 2.21 bits per heavy atom. The molecule has 1 aliphatic rings. The Morgan fingerprint density at radius 1 is 0.882 bits per heavy atom. The number of fused-ring (bicyclic) bond motifs is 1. The molecular formula is C27H24F2N4O. The quantitative estimate of drug-likeness (QED) is 0.439. The van der Waals surface area contributed by atoms with Gasteiger partial charge < -0.3 is 9.80 Å². The first-order chi connectivity index (χ1) is 16.5. The Kier molecular flexibility index (Phi) is 5.92. The highest BCUT2D eigenvalue weighted by molar-refractivity contribution is 6.00. The van der Waals surface area contributed by atoms with Crippen molar-refractivity contribution in [3.8, 4) is 11.3 Å². The van der Waals surface area contributed by atoms with E-state index in [1.807, 2.05) is 36.1 Å². The first-order valence-corrected chi connectivity index (χ1v) is 11.3. The van der Waals surface area contributed by atoms with Crippen molar-refractivity contribution in [1.82, 2.24) is 15.1 Å². The second kappa shape index (κ2) is 9.17. The molecule has 1 aliphatic heterocycles. The van der Waals surface area contributed by atoms with E-state index in [1.165, 1.54) is 24.3 Å². The molecule has 34 heavy (non-hydrogen) atoms. The molecule has 0 spiro atoms. The fourth-order valence-corrected chi connectivity index (χ4v) is 4.54. The Hall–Kier alpha value is -3.87. The third kappa shape index (κ3) is 4.33. The van der Waals surface area contributed by atoms with Gasteiger partial charge in [-0.15, -0.1) is 10.2 Å². The third-order valence-corrected chi connectivity index (χ3v) is 6.30. The van der Waals surface area contributed by atoms with Gasteiger partial charge in [-0.25, -0.2) is 8.78 Å². The molecule has 172 valence electrons. The number of anilines is 1. The zero-order chi connectivity index (χ0) is 23.7. The molecule has 1 unspecified atom stereocenters. The van der Waals surface area contributed by atoms with E-state index in [0.717, 1.165) is 27.7 Å². The molecule has 4 aromatic rings. The lowest BCUT2D eigenvalue weighted by Gasteiger charge is -2.40. The van der Waals surface area contributed by atoms with E-state index < -0.39 is 0 Å². The van der Waals surface area contributed by atoms with Crippen LogP contribution < -0.4 is 4.90 Å². The Labute approximate surface area is 196 Å². The number of benzene rings is 3. The van der Waals surface area contributed by atoms with Crippen LogP contribution in [0.4, 0.5) is 14.6 Å². The van der Waals surface area contributed by atoms with Crippen LogP contribution in [0.1, 0.15) is 12.5 Å². The van der Waals surface area contributed by atoms with E-state index in [1.54, 1.807) is 24.3 Å². The molecule has 0 bridgehead atoms. The van der Waals surface area contributed by atoms with Crippen molar-refractivity contribution < 1.29 is 13.6 Å². The summed E-state index contributed by atoms with van der Waals surface area (Å²) in [6, 6.07) is 20.2. The maximum Gasteiger partial charge on any atom is 0.227 e. The molecule has 1 saturated heterocycles. The molecule has 2 heterocycles. The fraction of sp³-hybridized carbons (Fsp3) is 0.222. The summed E-state index contributed by atoms with van der Waals surface area (Å²) in [4.78, 5) is 16.9. The number of halogens is 2. The van der Waals surface area contributed by atoms with Crippen molar-refractivity contribution in [3.05, 3.63) is 90.0 Å². The average Bonchev–Trinajstić information content (AvgIpc) is 2.85. The predicted molar refractivity (Wildman–Crippen MR) is 128 cm³/mol. The van der Waals surface area contributed by atoms with Gasteiger partial charge in [-0.3, -0.25) is 4.79 Å². The lowest BCUT2D eigenvalue weighted by molar-refractivity contribution is -0.132. The first-order valence-electron chi connectivity index (χ1n) is 11.3. The van der Waals surface area contributed by atoms with Crippen LogP contribution in [0.25, 0.3) is 22.0 Å². The minimum atomic E-state index is -0.308. The number of amides is 1. The maximum atomic E-state index is 13.4. The van der Waals surface area contributed by atoms with Crippen LogP contribution in [0.5, 0.6) is 0 Å². The normalized spacial score (nSPS) is 16.1. The van der Waals surface area contributed by atoms with Crippen molar-refractivity contribution in [2.75, 3.05) is 24.5 Å². The number of aromatic nitrogens is 2. The molecule has 0 aliphatic carbocycles. The molecule has 7 heteroatoms. The molecule has 0 N–H and O–H groups in total. The fourth-order valence-electron chi connectivity index (χ4n) is 4.54. The molecule has 5 nitrogen and oxygen atoms in total. The second-order valence-electron chi connectivity index (χ2n) is 8.61.